The Kier molecular flexibility index (Phi) is 8.17. The van der Waals surface area contributed by atoms with Crippen LogP contribution in [0.2, 0.25) is 0 Å². The Hall–Kier alpha value is -2.68. The first-order valence-electron chi connectivity index (χ1n) is 12.7. The summed E-state index contributed by atoms with van der Waals surface area (Å²) in [6.45, 7) is 3.35. The second kappa shape index (κ2) is 11.2. The monoisotopic (exact) mass is 517 g/mol. The Morgan fingerprint density at radius 3 is 2.56 bits per heavy atom. The van der Waals surface area contributed by atoms with Crippen molar-refractivity contribution in [3.05, 3.63) is 29.8 Å². The first-order chi connectivity index (χ1) is 17.3. The summed E-state index contributed by atoms with van der Waals surface area (Å²) in [7, 11) is -2.09. The highest BCUT2D eigenvalue weighted by Gasteiger charge is 2.44. The highest BCUT2D eigenvalue weighted by atomic mass is 32.2. The number of nitriles is 1. The number of benzene rings is 1. The predicted octanol–water partition coefficient (Wildman–Crippen LogP) is 1.67. The molecule has 0 aliphatic carbocycles. The van der Waals surface area contributed by atoms with Crippen molar-refractivity contribution in [1.29, 1.82) is 5.26 Å². The SMILES string of the molecule is CC[C@@H](NC(=O)[C@H]1CCCN1C(=O)[C@H]1CCCN(S(=O)(=O)N2CC(C#N)C2)C1)c1ccccc1OC. The lowest BCUT2D eigenvalue weighted by molar-refractivity contribution is -0.142. The van der Waals surface area contributed by atoms with E-state index in [1.54, 1.807) is 12.0 Å². The molecule has 4 rings (SSSR count). The molecule has 3 fully saturated rings. The fraction of sp³-hybridized carbons (Fsp3) is 0.640. The third-order valence-electron chi connectivity index (χ3n) is 7.49. The van der Waals surface area contributed by atoms with E-state index in [1.807, 2.05) is 31.2 Å². The lowest BCUT2D eigenvalue weighted by Gasteiger charge is -2.41. The van der Waals surface area contributed by atoms with Crippen molar-refractivity contribution in [3.8, 4) is 11.8 Å². The molecular weight excluding hydrogens is 482 g/mol. The molecule has 3 aliphatic rings. The Morgan fingerprint density at radius 1 is 1.14 bits per heavy atom. The Bertz CT molecular complexity index is 1110. The average Bonchev–Trinajstić information content (AvgIpc) is 3.36. The van der Waals surface area contributed by atoms with Crippen LogP contribution in [-0.4, -0.2) is 79.6 Å². The van der Waals surface area contributed by atoms with Gasteiger partial charge in [-0.2, -0.15) is 22.3 Å². The van der Waals surface area contributed by atoms with Gasteiger partial charge in [0.05, 0.1) is 31.1 Å². The zero-order valence-corrected chi connectivity index (χ0v) is 21.7. The van der Waals surface area contributed by atoms with E-state index < -0.39 is 22.2 Å². The summed E-state index contributed by atoms with van der Waals surface area (Å²) in [4.78, 5) is 28.5. The van der Waals surface area contributed by atoms with Gasteiger partial charge in [0, 0.05) is 38.3 Å². The Labute approximate surface area is 213 Å². The molecule has 3 saturated heterocycles. The largest absolute Gasteiger partial charge is 0.496 e. The smallest absolute Gasteiger partial charge is 0.282 e. The molecule has 36 heavy (non-hydrogen) atoms. The zero-order valence-electron chi connectivity index (χ0n) is 20.9. The number of rotatable bonds is 8. The minimum absolute atomic E-state index is 0.110. The van der Waals surface area contributed by atoms with E-state index in [9.17, 15) is 18.0 Å². The van der Waals surface area contributed by atoms with Crippen molar-refractivity contribution in [1.82, 2.24) is 18.8 Å². The molecule has 1 N–H and O–H groups in total. The molecule has 0 radical (unpaired) electrons. The Morgan fingerprint density at radius 2 is 1.86 bits per heavy atom. The van der Waals surface area contributed by atoms with E-state index in [0.717, 1.165) is 12.0 Å². The lowest BCUT2D eigenvalue weighted by Crippen LogP contribution is -2.57. The van der Waals surface area contributed by atoms with Gasteiger partial charge in [0.2, 0.25) is 11.8 Å². The highest BCUT2D eigenvalue weighted by Crippen LogP contribution is 2.31. The third kappa shape index (κ3) is 5.21. The van der Waals surface area contributed by atoms with Crippen molar-refractivity contribution in [2.75, 3.05) is 39.8 Å². The molecule has 2 amide bonds. The summed E-state index contributed by atoms with van der Waals surface area (Å²) < 4.78 is 34.1. The molecule has 1 aromatic rings. The van der Waals surface area contributed by atoms with Crippen LogP contribution in [0.1, 0.15) is 50.6 Å². The summed E-state index contributed by atoms with van der Waals surface area (Å²) in [5.74, 6) is -0.394. The predicted molar refractivity (Wildman–Crippen MR) is 133 cm³/mol. The summed E-state index contributed by atoms with van der Waals surface area (Å²) >= 11 is 0. The summed E-state index contributed by atoms with van der Waals surface area (Å²) in [6.07, 6.45) is 3.16. The zero-order chi connectivity index (χ0) is 25.9. The van der Waals surface area contributed by atoms with Gasteiger partial charge in [0.15, 0.2) is 0 Å². The fourth-order valence-electron chi connectivity index (χ4n) is 5.38. The second-order valence-corrected chi connectivity index (χ2v) is 11.7. The van der Waals surface area contributed by atoms with Crippen molar-refractivity contribution in [2.45, 2.75) is 51.1 Å². The van der Waals surface area contributed by atoms with Crippen molar-refractivity contribution >= 4 is 22.0 Å². The highest BCUT2D eigenvalue weighted by molar-refractivity contribution is 7.86. The molecule has 0 spiro atoms. The molecule has 0 aromatic heterocycles. The standard InChI is InChI=1S/C25H35N5O5S/c1-3-21(20-9-4-5-11-23(20)35-2)27-24(31)22-10-7-13-30(22)25(32)19-8-6-12-28(17-19)36(33,34)29-15-18(14-26)16-29/h4-5,9,11,18-19,21-22H,3,6-8,10,12-13,15-17H2,1-2H3,(H,27,31)/t19-,21+,22+/m0/s1. The molecule has 196 valence electrons. The van der Waals surface area contributed by atoms with Gasteiger partial charge in [-0.05, 0) is 38.2 Å². The maximum Gasteiger partial charge on any atom is 0.282 e. The summed E-state index contributed by atoms with van der Waals surface area (Å²) in [5.41, 5.74) is 0.893. The van der Waals surface area contributed by atoms with Gasteiger partial charge < -0.3 is 15.0 Å². The second-order valence-electron chi connectivity index (χ2n) is 9.75. The normalized spacial score (nSPS) is 24.5. The maximum atomic E-state index is 13.5. The number of piperidine rings is 1. The van der Waals surface area contributed by atoms with E-state index in [0.29, 0.717) is 44.5 Å². The molecule has 0 saturated carbocycles. The molecule has 10 nitrogen and oxygen atoms in total. The van der Waals surface area contributed by atoms with E-state index in [4.69, 9.17) is 10.00 Å². The van der Waals surface area contributed by atoms with E-state index in [1.165, 1.54) is 8.61 Å². The number of methoxy groups -OCH3 is 1. The number of amides is 2. The molecule has 11 heteroatoms. The maximum absolute atomic E-state index is 13.5. The number of carbonyl (C=O) groups excluding carboxylic acids is 2. The number of nitrogens with zero attached hydrogens (tertiary/aromatic N) is 4. The van der Waals surface area contributed by atoms with Gasteiger partial charge in [0.1, 0.15) is 11.8 Å². The minimum Gasteiger partial charge on any atom is -0.496 e. The van der Waals surface area contributed by atoms with Crippen LogP contribution < -0.4 is 10.1 Å². The quantitative estimate of drug-likeness (QED) is 0.560. The molecule has 3 aliphatic heterocycles. The van der Waals surface area contributed by atoms with Gasteiger partial charge in [-0.1, -0.05) is 25.1 Å². The number of hydrogen-bond acceptors (Lipinski definition) is 6. The van der Waals surface area contributed by atoms with Crippen molar-refractivity contribution < 1.29 is 22.7 Å². The number of hydrogen-bond donors (Lipinski definition) is 1. The van der Waals surface area contributed by atoms with Gasteiger partial charge in [0.25, 0.3) is 10.2 Å². The van der Waals surface area contributed by atoms with E-state index >= 15 is 0 Å². The first-order valence-corrected chi connectivity index (χ1v) is 14.1. The van der Waals surface area contributed by atoms with Crippen LogP contribution in [0.25, 0.3) is 0 Å². The van der Waals surface area contributed by atoms with Crippen molar-refractivity contribution in [2.24, 2.45) is 11.8 Å². The number of carbonyl (C=O) groups is 2. The lowest BCUT2D eigenvalue weighted by atomic mass is 9.97. The third-order valence-corrected chi connectivity index (χ3v) is 9.43. The molecule has 3 atom stereocenters. The number of para-hydroxylation sites is 1. The van der Waals surface area contributed by atoms with Crippen LogP contribution in [0.3, 0.4) is 0 Å². The molecular formula is C25H35N5O5S. The average molecular weight is 518 g/mol. The number of nitrogens with one attached hydrogen (secondary N) is 1. The fourth-order valence-corrected chi connectivity index (χ4v) is 7.18. The number of likely N-dealkylation sites (tertiary alicyclic amines) is 1. The topological polar surface area (TPSA) is 123 Å². The van der Waals surface area contributed by atoms with Crippen LogP contribution in [0.15, 0.2) is 24.3 Å². The van der Waals surface area contributed by atoms with E-state index in [-0.39, 0.29) is 43.4 Å². The van der Waals surface area contributed by atoms with Crippen LogP contribution in [0.4, 0.5) is 0 Å². The molecule has 3 heterocycles. The van der Waals surface area contributed by atoms with Crippen molar-refractivity contribution in [3.63, 3.8) is 0 Å². The van der Waals surface area contributed by atoms with Crippen LogP contribution in [0.5, 0.6) is 5.75 Å². The van der Waals surface area contributed by atoms with Gasteiger partial charge in [-0.15, -0.1) is 0 Å². The van der Waals surface area contributed by atoms with Gasteiger partial charge in [-0.3, -0.25) is 9.59 Å². The number of ether oxygens (including phenoxy) is 1. The molecule has 1 aromatic carbocycles. The molecule has 0 bridgehead atoms. The van der Waals surface area contributed by atoms with Crippen LogP contribution in [0, 0.1) is 23.2 Å². The minimum atomic E-state index is -3.69. The van der Waals surface area contributed by atoms with Crippen LogP contribution in [-0.2, 0) is 19.8 Å². The van der Waals surface area contributed by atoms with Crippen LogP contribution >= 0.6 is 0 Å². The Balaban J connectivity index is 1.41. The van der Waals surface area contributed by atoms with Gasteiger partial charge >= 0.3 is 0 Å². The summed E-state index contributed by atoms with van der Waals surface area (Å²) in [6, 6.07) is 8.85. The first kappa shape index (κ1) is 26.4. The summed E-state index contributed by atoms with van der Waals surface area (Å²) in [5, 5.41) is 12.1. The van der Waals surface area contributed by atoms with E-state index in [2.05, 4.69) is 11.4 Å². The molecule has 0 unspecified atom stereocenters. The van der Waals surface area contributed by atoms with Gasteiger partial charge in [-0.25, -0.2) is 0 Å².